The molecule has 0 saturated heterocycles. The highest BCUT2D eigenvalue weighted by molar-refractivity contribution is 7.13. The van der Waals surface area contributed by atoms with Gasteiger partial charge in [-0.15, -0.1) is 24.5 Å². The summed E-state index contributed by atoms with van der Waals surface area (Å²) in [6, 6.07) is 8.96. The maximum Gasteiger partial charge on any atom is 0.574 e. The number of hydrogen-bond donors (Lipinski definition) is 0. The molecule has 0 radical (unpaired) electrons. The Morgan fingerprint density at radius 1 is 1.12 bits per heavy atom. The van der Waals surface area contributed by atoms with E-state index in [-0.39, 0.29) is 0 Å². The first-order chi connectivity index (χ1) is 7.54. The molecule has 6 heteroatoms. The molecule has 0 amide bonds. The number of benzene rings is 1. The highest BCUT2D eigenvalue weighted by Crippen LogP contribution is 2.29. The first-order valence-electron chi connectivity index (χ1n) is 4.31. The van der Waals surface area contributed by atoms with Gasteiger partial charge in [-0.25, -0.2) is 4.98 Å². The number of hydrogen-bond acceptors (Lipinski definition) is 3. The molecule has 0 N–H and O–H groups in total. The van der Waals surface area contributed by atoms with Crippen LogP contribution < -0.4 is 4.74 Å². The number of aromatic nitrogens is 1. The molecule has 0 fully saturated rings. The Balaban J connectivity index is 2.21. The molecule has 16 heavy (non-hydrogen) atoms. The number of thiazole rings is 1. The van der Waals surface area contributed by atoms with Gasteiger partial charge in [0.1, 0.15) is 5.01 Å². The minimum Gasteiger partial charge on any atom is -0.387 e. The standard InChI is InChI=1S/C10H6F3NOS/c11-10(12,13)15-8-6-16-9(14-8)7-4-2-1-3-5-7/h1-6H. The summed E-state index contributed by atoms with van der Waals surface area (Å²) in [4.78, 5) is 3.74. The maximum absolute atomic E-state index is 11.9. The third-order valence-corrected chi connectivity index (χ3v) is 2.59. The van der Waals surface area contributed by atoms with Crippen LogP contribution in [0.1, 0.15) is 0 Å². The van der Waals surface area contributed by atoms with E-state index in [9.17, 15) is 13.2 Å². The molecular formula is C10H6F3NOS. The first kappa shape index (κ1) is 10.9. The Morgan fingerprint density at radius 2 is 1.81 bits per heavy atom. The van der Waals surface area contributed by atoms with Crippen molar-refractivity contribution in [3.8, 4) is 16.5 Å². The highest BCUT2D eigenvalue weighted by Gasteiger charge is 2.32. The summed E-state index contributed by atoms with van der Waals surface area (Å²) < 4.78 is 39.4. The zero-order chi connectivity index (χ0) is 11.6. The molecule has 0 bridgehead atoms. The highest BCUT2D eigenvalue weighted by atomic mass is 32.1. The third-order valence-electron chi connectivity index (χ3n) is 1.72. The number of alkyl halides is 3. The van der Waals surface area contributed by atoms with Gasteiger partial charge in [-0.2, -0.15) is 0 Å². The lowest BCUT2D eigenvalue weighted by atomic mass is 10.2. The average molecular weight is 245 g/mol. The van der Waals surface area contributed by atoms with Crippen molar-refractivity contribution in [1.29, 1.82) is 0 Å². The molecule has 0 unspecified atom stereocenters. The minimum atomic E-state index is -4.69. The summed E-state index contributed by atoms with van der Waals surface area (Å²) >= 11 is 1.11. The van der Waals surface area contributed by atoms with Gasteiger partial charge in [0.05, 0.1) is 5.38 Å². The lowest BCUT2D eigenvalue weighted by molar-refractivity contribution is -0.275. The number of rotatable bonds is 2. The van der Waals surface area contributed by atoms with E-state index in [1.807, 2.05) is 6.07 Å². The van der Waals surface area contributed by atoms with Crippen molar-refractivity contribution >= 4 is 11.3 Å². The normalized spacial score (nSPS) is 11.4. The van der Waals surface area contributed by atoms with E-state index >= 15 is 0 Å². The largest absolute Gasteiger partial charge is 0.574 e. The molecule has 0 atom stereocenters. The van der Waals surface area contributed by atoms with Crippen LogP contribution in [0.4, 0.5) is 13.2 Å². The van der Waals surface area contributed by atoms with E-state index in [1.165, 1.54) is 5.38 Å². The van der Waals surface area contributed by atoms with E-state index in [4.69, 9.17) is 0 Å². The quantitative estimate of drug-likeness (QED) is 0.804. The van der Waals surface area contributed by atoms with Crippen molar-refractivity contribution in [2.75, 3.05) is 0 Å². The average Bonchev–Trinajstić information content (AvgIpc) is 2.65. The van der Waals surface area contributed by atoms with Crippen LogP contribution in [0.25, 0.3) is 10.6 Å². The van der Waals surface area contributed by atoms with E-state index in [0.717, 1.165) is 16.9 Å². The monoisotopic (exact) mass is 245 g/mol. The predicted molar refractivity (Wildman–Crippen MR) is 54.2 cm³/mol. The summed E-state index contributed by atoms with van der Waals surface area (Å²) in [6.07, 6.45) is -4.69. The third kappa shape index (κ3) is 2.73. The van der Waals surface area contributed by atoms with Crippen LogP contribution in [0.5, 0.6) is 5.88 Å². The Bertz CT molecular complexity index is 466. The van der Waals surface area contributed by atoms with Crippen LogP contribution in [0.15, 0.2) is 35.7 Å². The molecule has 84 valence electrons. The van der Waals surface area contributed by atoms with Crippen molar-refractivity contribution in [1.82, 2.24) is 4.98 Å². The second-order valence-corrected chi connectivity index (χ2v) is 3.76. The molecule has 2 nitrogen and oxygen atoms in total. The Hall–Kier alpha value is -1.56. The SMILES string of the molecule is FC(F)(F)Oc1csc(-c2ccccc2)n1. The first-order valence-corrected chi connectivity index (χ1v) is 5.19. The number of halogens is 3. The second kappa shape index (κ2) is 4.13. The molecule has 2 rings (SSSR count). The van der Waals surface area contributed by atoms with Crippen molar-refractivity contribution in [2.45, 2.75) is 6.36 Å². The summed E-state index contributed by atoms with van der Waals surface area (Å²) in [5.41, 5.74) is 0.768. The Labute approximate surface area is 93.3 Å². The fraction of sp³-hybridized carbons (Fsp3) is 0.100. The van der Waals surface area contributed by atoms with Crippen molar-refractivity contribution < 1.29 is 17.9 Å². The van der Waals surface area contributed by atoms with Gasteiger partial charge >= 0.3 is 6.36 Å². The van der Waals surface area contributed by atoms with Gasteiger partial charge in [-0.05, 0) is 0 Å². The van der Waals surface area contributed by atoms with E-state index < -0.39 is 12.2 Å². The minimum absolute atomic E-state index is 0.420. The van der Waals surface area contributed by atoms with E-state index in [2.05, 4.69) is 9.72 Å². The molecule has 2 aromatic rings. The van der Waals surface area contributed by atoms with Crippen molar-refractivity contribution in [2.24, 2.45) is 0 Å². The summed E-state index contributed by atoms with van der Waals surface area (Å²) in [6.45, 7) is 0. The molecule has 1 aromatic heterocycles. The zero-order valence-corrected chi connectivity index (χ0v) is 8.68. The summed E-state index contributed by atoms with van der Waals surface area (Å²) in [5.74, 6) is -0.420. The Kier molecular flexibility index (Phi) is 2.82. The lowest BCUT2D eigenvalue weighted by Crippen LogP contribution is -2.17. The number of ether oxygens (including phenoxy) is 1. The maximum atomic E-state index is 11.9. The fourth-order valence-corrected chi connectivity index (χ4v) is 1.87. The molecule has 0 aliphatic rings. The van der Waals surface area contributed by atoms with Gasteiger partial charge in [0.25, 0.3) is 0 Å². The van der Waals surface area contributed by atoms with Crippen LogP contribution in [0.2, 0.25) is 0 Å². The van der Waals surface area contributed by atoms with Gasteiger partial charge < -0.3 is 4.74 Å². The molecule has 0 saturated carbocycles. The van der Waals surface area contributed by atoms with Gasteiger partial charge in [-0.3, -0.25) is 0 Å². The Morgan fingerprint density at radius 3 is 2.44 bits per heavy atom. The van der Waals surface area contributed by atoms with Gasteiger partial charge in [0.15, 0.2) is 0 Å². The van der Waals surface area contributed by atoms with Gasteiger partial charge in [-0.1, -0.05) is 30.3 Å². The smallest absolute Gasteiger partial charge is 0.387 e. The van der Waals surface area contributed by atoms with Crippen LogP contribution >= 0.6 is 11.3 Å². The summed E-state index contributed by atoms with van der Waals surface area (Å²) in [5, 5.41) is 1.73. The zero-order valence-electron chi connectivity index (χ0n) is 7.86. The van der Waals surface area contributed by atoms with Crippen LogP contribution in [-0.2, 0) is 0 Å². The lowest BCUT2D eigenvalue weighted by Gasteiger charge is -2.04. The molecule has 0 spiro atoms. The molecular weight excluding hydrogens is 239 g/mol. The van der Waals surface area contributed by atoms with E-state index in [0.29, 0.717) is 5.01 Å². The summed E-state index contributed by atoms with van der Waals surface area (Å²) in [7, 11) is 0. The van der Waals surface area contributed by atoms with Crippen molar-refractivity contribution in [3.05, 3.63) is 35.7 Å². The fourth-order valence-electron chi connectivity index (χ4n) is 1.14. The van der Waals surface area contributed by atoms with Crippen LogP contribution in [0.3, 0.4) is 0 Å². The van der Waals surface area contributed by atoms with Gasteiger partial charge in [0.2, 0.25) is 5.88 Å². The van der Waals surface area contributed by atoms with E-state index in [1.54, 1.807) is 24.3 Å². The molecule has 1 aromatic carbocycles. The number of nitrogens with zero attached hydrogens (tertiary/aromatic N) is 1. The topological polar surface area (TPSA) is 22.1 Å². The van der Waals surface area contributed by atoms with Crippen LogP contribution in [-0.4, -0.2) is 11.3 Å². The predicted octanol–water partition coefficient (Wildman–Crippen LogP) is 3.71. The molecule has 1 heterocycles. The van der Waals surface area contributed by atoms with Crippen LogP contribution in [0, 0.1) is 0 Å². The molecule has 0 aliphatic carbocycles. The van der Waals surface area contributed by atoms with Crippen molar-refractivity contribution in [3.63, 3.8) is 0 Å². The molecule has 0 aliphatic heterocycles. The van der Waals surface area contributed by atoms with Gasteiger partial charge in [0, 0.05) is 5.56 Å². The second-order valence-electron chi connectivity index (χ2n) is 2.90.